The van der Waals surface area contributed by atoms with Gasteiger partial charge in [-0.1, -0.05) is 0 Å². The number of fused-ring (bicyclic) bond motifs is 1. The molecule has 0 N–H and O–H groups in total. The van der Waals surface area contributed by atoms with Crippen LogP contribution in [0.2, 0.25) is 0 Å². The number of nitrogens with zero attached hydrogens (tertiary/aromatic N) is 4. The molecule has 1 aromatic carbocycles. The van der Waals surface area contributed by atoms with E-state index in [1.54, 1.807) is 0 Å². The van der Waals surface area contributed by atoms with Gasteiger partial charge in [-0.3, -0.25) is 0 Å². The van der Waals surface area contributed by atoms with Crippen LogP contribution in [0.25, 0.3) is 16.9 Å². The molecule has 0 radical (unpaired) electrons. The molecular formula is C14H7ClF6N4. The highest BCUT2D eigenvalue weighted by atomic mass is 35.5. The van der Waals surface area contributed by atoms with Gasteiger partial charge in [-0.25, -0.2) is 22.7 Å². The van der Waals surface area contributed by atoms with Gasteiger partial charge >= 0.3 is 6.18 Å². The lowest BCUT2D eigenvalue weighted by Crippen LogP contribution is -2.35. The van der Waals surface area contributed by atoms with E-state index in [0.717, 1.165) is 17.0 Å². The Bertz CT molecular complexity index is 943. The molecule has 132 valence electrons. The van der Waals surface area contributed by atoms with E-state index in [1.165, 1.54) is 0 Å². The van der Waals surface area contributed by atoms with Crippen LogP contribution in [0.3, 0.4) is 0 Å². The standard InChI is InChI=1S/C14H7ClF6N4/c1-13(15,14(19,20)21)11-7(4-25-12(24-11)22-5-23-25)10-8(17)2-6(16)3-9(10)18/h2-5H,1H3/t13-/m0/s1. The molecule has 0 fully saturated rings. The summed E-state index contributed by atoms with van der Waals surface area (Å²) >= 11 is 5.63. The third-order valence-electron chi connectivity index (χ3n) is 3.53. The second-order valence-electron chi connectivity index (χ2n) is 5.25. The van der Waals surface area contributed by atoms with Crippen LogP contribution in [-0.2, 0) is 4.87 Å². The summed E-state index contributed by atoms with van der Waals surface area (Å²) in [7, 11) is 0. The maximum Gasteiger partial charge on any atom is 0.412 e. The first kappa shape index (κ1) is 17.5. The minimum absolute atomic E-state index is 0.252. The van der Waals surface area contributed by atoms with Crippen LogP contribution >= 0.6 is 11.6 Å². The molecule has 0 amide bonds. The van der Waals surface area contributed by atoms with Crippen LogP contribution in [-0.4, -0.2) is 25.8 Å². The highest BCUT2D eigenvalue weighted by Gasteiger charge is 2.54. The molecule has 25 heavy (non-hydrogen) atoms. The molecule has 0 saturated carbocycles. The van der Waals surface area contributed by atoms with Crippen LogP contribution in [0.15, 0.2) is 24.7 Å². The monoisotopic (exact) mass is 380 g/mol. The fraction of sp³-hybridized carbons (Fsp3) is 0.214. The van der Waals surface area contributed by atoms with E-state index in [0.29, 0.717) is 19.1 Å². The van der Waals surface area contributed by atoms with Crippen LogP contribution in [0.5, 0.6) is 0 Å². The SMILES string of the molecule is C[C@](Cl)(c1nc2ncnn2cc1-c1c(F)cc(F)cc1F)C(F)(F)F. The fourth-order valence-electron chi connectivity index (χ4n) is 2.23. The smallest absolute Gasteiger partial charge is 0.213 e. The van der Waals surface area contributed by atoms with Gasteiger partial charge in [0.2, 0.25) is 0 Å². The lowest BCUT2D eigenvalue weighted by atomic mass is 9.96. The first-order chi connectivity index (χ1) is 11.5. The molecular weight excluding hydrogens is 374 g/mol. The lowest BCUT2D eigenvalue weighted by Gasteiger charge is -2.26. The number of halogens is 7. The maximum atomic E-state index is 14.1. The summed E-state index contributed by atoms with van der Waals surface area (Å²) in [6, 6.07) is 0.680. The van der Waals surface area contributed by atoms with Gasteiger partial charge in [0.1, 0.15) is 23.8 Å². The van der Waals surface area contributed by atoms with Crippen molar-refractivity contribution in [1.29, 1.82) is 0 Å². The molecule has 4 nitrogen and oxygen atoms in total. The van der Waals surface area contributed by atoms with Crippen molar-refractivity contribution in [3.63, 3.8) is 0 Å². The van der Waals surface area contributed by atoms with Crippen molar-refractivity contribution in [2.45, 2.75) is 18.0 Å². The van der Waals surface area contributed by atoms with E-state index < -0.39 is 45.3 Å². The van der Waals surface area contributed by atoms with Crippen LogP contribution in [0, 0.1) is 17.5 Å². The van der Waals surface area contributed by atoms with Gasteiger partial charge in [0.15, 0.2) is 4.87 Å². The van der Waals surface area contributed by atoms with Gasteiger partial charge < -0.3 is 0 Å². The predicted octanol–water partition coefficient (Wildman–Crippen LogP) is 4.22. The van der Waals surface area contributed by atoms with E-state index in [1.807, 2.05) is 0 Å². The summed E-state index contributed by atoms with van der Waals surface area (Å²) in [5.41, 5.74) is -2.41. The number of benzene rings is 1. The molecule has 1 atom stereocenters. The number of aromatic nitrogens is 4. The van der Waals surface area contributed by atoms with Gasteiger partial charge in [-0.15, -0.1) is 11.6 Å². The van der Waals surface area contributed by atoms with Crippen LogP contribution in [0.1, 0.15) is 12.6 Å². The molecule has 0 spiro atoms. The second kappa shape index (κ2) is 5.58. The van der Waals surface area contributed by atoms with Gasteiger partial charge in [-0.2, -0.15) is 23.3 Å². The van der Waals surface area contributed by atoms with Crippen molar-refractivity contribution in [2.75, 3.05) is 0 Å². The Morgan fingerprint density at radius 2 is 1.68 bits per heavy atom. The third kappa shape index (κ3) is 2.80. The van der Waals surface area contributed by atoms with Crippen molar-refractivity contribution in [1.82, 2.24) is 19.6 Å². The number of alkyl halides is 4. The van der Waals surface area contributed by atoms with Gasteiger partial charge in [0.25, 0.3) is 5.78 Å². The van der Waals surface area contributed by atoms with Gasteiger partial charge in [-0.05, 0) is 6.92 Å². The maximum absolute atomic E-state index is 14.1. The zero-order chi connectivity index (χ0) is 18.6. The van der Waals surface area contributed by atoms with Crippen LogP contribution < -0.4 is 0 Å². The van der Waals surface area contributed by atoms with E-state index in [-0.39, 0.29) is 5.78 Å². The lowest BCUT2D eigenvalue weighted by molar-refractivity contribution is -0.161. The topological polar surface area (TPSA) is 43.1 Å². The molecule has 0 unspecified atom stereocenters. The highest BCUT2D eigenvalue weighted by molar-refractivity contribution is 6.24. The van der Waals surface area contributed by atoms with Crippen LogP contribution in [0.4, 0.5) is 26.3 Å². The number of rotatable bonds is 2. The molecule has 11 heteroatoms. The normalized spacial score (nSPS) is 14.7. The van der Waals surface area contributed by atoms with E-state index in [9.17, 15) is 26.3 Å². The Balaban J connectivity index is 2.40. The highest BCUT2D eigenvalue weighted by Crippen LogP contribution is 2.47. The van der Waals surface area contributed by atoms with Crippen molar-refractivity contribution in [3.8, 4) is 11.1 Å². The largest absolute Gasteiger partial charge is 0.412 e. The fourth-order valence-corrected chi connectivity index (χ4v) is 2.38. The Labute approximate surface area is 141 Å². The predicted molar refractivity (Wildman–Crippen MR) is 75.4 cm³/mol. The molecule has 0 aliphatic carbocycles. The van der Waals surface area contributed by atoms with Crippen molar-refractivity contribution in [2.24, 2.45) is 0 Å². The zero-order valence-electron chi connectivity index (χ0n) is 12.2. The summed E-state index contributed by atoms with van der Waals surface area (Å²) in [4.78, 5) is 4.22. The summed E-state index contributed by atoms with van der Waals surface area (Å²) in [6.07, 6.45) is -3.11. The van der Waals surface area contributed by atoms with Gasteiger partial charge in [0, 0.05) is 23.9 Å². The minimum Gasteiger partial charge on any atom is -0.213 e. The molecule has 3 rings (SSSR count). The number of hydrogen-bond donors (Lipinski definition) is 0. The van der Waals surface area contributed by atoms with E-state index in [4.69, 9.17) is 11.6 Å². The molecule has 2 aromatic heterocycles. The van der Waals surface area contributed by atoms with Crippen molar-refractivity contribution < 1.29 is 26.3 Å². The molecule has 0 saturated heterocycles. The Hall–Kier alpha value is -2.36. The summed E-state index contributed by atoms with van der Waals surface area (Å²) < 4.78 is 82.3. The Kier molecular flexibility index (Phi) is 3.90. The molecule has 0 aliphatic heterocycles. The van der Waals surface area contributed by atoms with Crippen molar-refractivity contribution in [3.05, 3.63) is 47.8 Å². The van der Waals surface area contributed by atoms with E-state index in [2.05, 4.69) is 15.1 Å². The zero-order valence-corrected chi connectivity index (χ0v) is 13.0. The summed E-state index contributed by atoms with van der Waals surface area (Å²) in [5.74, 6) is -4.29. The molecule has 2 heterocycles. The first-order valence-electron chi connectivity index (χ1n) is 6.64. The summed E-state index contributed by atoms with van der Waals surface area (Å²) in [5, 5.41) is 3.67. The Morgan fingerprint density at radius 3 is 2.24 bits per heavy atom. The average molecular weight is 381 g/mol. The van der Waals surface area contributed by atoms with Gasteiger partial charge in [0.05, 0.1) is 11.3 Å². The quantitative estimate of drug-likeness (QED) is 0.494. The Morgan fingerprint density at radius 1 is 1.08 bits per heavy atom. The second-order valence-corrected chi connectivity index (χ2v) is 6.01. The minimum atomic E-state index is -5.00. The average Bonchev–Trinajstić information content (AvgIpc) is 2.91. The van der Waals surface area contributed by atoms with Crippen molar-refractivity contribution >= 4 is 17.4 Å². The molecule has 0 bridgehead atoms. The molecule has 0 aliphatic rings. The van der Waals surface area contributed by atoms with E-state index >= 15 is 0 Å². The third-order valence-corrected chi connectivity index (χ3v) is 3.92. The summed E-state index contributed by atoms with van der Waals surface area (Å²) in [6.45, 7) is 0.590. The molecule has 3 aromatic rings. The first-order valence-corrected chi connectivity index (χ1v) is 7.01. The number of hydrogen-bond acceptors (Lipinski definition) is 3.